The van der Waals surface area contributed by atoms with Crippen LogP contribution in [0.4, 0.5) is 0 Å². The standard InChI is InChI=1S/C26H16Cl2O2/c27-23-13-15-25(21-7-3-1-5-19(21)23)29-17-9-11-18(12-10-17)30-26-16-14-24(28)20-6-2-4-8-22(20)26/h1-16H. The van der Waals surface area contributed by atoms with Gasteiger partial charge in [-0.3, -0.25) is 0 Å². The second-order valence-electron chi connectivity index (χ2n) is 6.86. The molecule has 0 spiro atoms. The van der Waals surface area contributed by atoms with Gasteiger partial charge in [0.2, 0.25) is 0 Å². The molecule has 0 aliphatic heterocycles. The van der Waals surface area contributed by atoms with Crippen LogP contribution < -0.4 is 9.47 Å². The van der Waals surface area contributed by atoms with Crippen molar-refractivity contribution in [3.05, 3.63) is 107 Å². The van der Waals surface area contributed by atoms with Crippen molar-refractivity contribution in [2.75, 3.05) is 0 Å². The molecule has 0 aromatic heterocycles. The van der Waals surface area contributed by atoms with Gasteiger partial charge in [-0.15, -0.1) is 0 Å². The Morgan fingerprint density at radius 3 is 1.17 bits per heavy atom. The average Bonchev–Trinajstić information content (AvgIpc) is 2.79. The maximum atomic E-state index is 6.30. The number of ether oxygens (including phenoxy) is 2. The Balaban J connectivity index is 1.41. The lowest BCUT2D eigenvalue weighted by Crippen LogP contribution is -1.89. The molecule has 0 aliphatic rings. The van der Waals surface area contributed by atoms with Gasteiger partial charge in [0.1, 0.15) is 23.0 Å². The zero-order chi connectivity index (χ0) is 20.5. The highest BCUT2D eigenvalue weighted by atomic mass is 35.5. The quantitative estimate of drug-likeness (QED) is 0.283. The van der Waals surface area contributed by atoms with Crippen LogP contribution in [0.3, 0.4) is 0 Å². The number of hydrogen-bond acceptors (Lipinski definition) is 2. The smallest absolute Gasteiger partial charge is 0.135 e. The van der Waals surface area contributed by atoms with Crippen molar-refractivity contribution in [3.63, 3.8) is 0 Å². The molecule has 0 radical (unpaired) electrons. The first-order valence-electron chi connectivity index (χ1n) is 9.49. The first kappa shape index (κ1) is 18.8. The van der Waals surface area contributed by atoms with Gasteiger partial charge in [0.25, 0.3) is 0 Å². The van der Waals surface area contributed by atoms with E-state index in [0.29, 0.717) is 10.0 Å². The van der Waals surface area contributed by atoms with Gasteiger partial charge < -0.3 is 9.47 Å². The lowest BCUT2D eigenvalue weighted by atomic mass is 10.1. The van der Waals surface area contributed by atoms with Gasteiger partial charge in [-0.1, -0.05) is 71.7 Å². The van der Waals surface area contributed by atoms with Gasteiger partial charge in [0, 0.05) is 31.6 Å². The van der Waals surface area contributed by atoms with E-state index in [1.54, 1.807) is 0 Å². The molecule has 5 aromatic carbocycles. The molecule has 0 heterocycles. The van der Waals surface area contributed by atoms with Crippen LogP contribution in [0.5, 0.6) is 23.0 Å². The monoisotopic (exact) mass is 430 g/mol. The molecule has 0 bridgehead atoms. The van der Waals surface area contributed by atoms with Crippen LogP contribution in [0.1, 0.15) is 0 Å². The Kier molecular flexibility index (Phi) is 4.96. The van der Waals surface area contributed by atoms with E-state index < -0.39 is 0 Å². The van der Waals surface area contributed by atoms with Crippen LogP contribution in [0, 0.1) is 0 Å². The molecular weight excluding hydrogens is 415 g/mol. The van der Waals surface area contributed by atoms with Crippen LogP contribution in [-0.2, 0) is 0 Å². The van der Waals surface area contributed by atoms with Crippen LogP contribution in [0.2, 0.25) is 10.0 Å². The molecular formula is C26H16Cl2O2. The molecule has 5 aromatic rings. The molecule has 0 atom stereocenters. The number of fused-ring (bicyclic) bond motifs is 2. The lowest BCUT2D eigenvalue weighted by Gasteiger charge is -2.12. The molecule has 2 nitrogen and oxygen atoms in total. The highest BCUT2D eigenvalue weighted by molar-refractivity contribution is 6.36. The lowest BCUT2D eigenvalue weighted by molar-refractivity contribution is 0.475. The molecule has 0 fully saturated rings. The summed E-state index contributed by atoms with van der Waals surface area (Å²) in [5.41, 5.74) is 0. The van der Waals surface area contributed by atoms with Crippen molar-refractivity contribution < 1.29 is 9.47 Å². The molecule has 0 unspecified atom stereocenters. The second kappa shape index (κ2) is 7.91. The Morgan fingerprint density at radius 2 is 0.767 bits per heavy atom. The summed E-state index contributed by atoms with van der Waals surface area (Å²) in [4.78, 5) is 0. The Bertz CT molecular complexity index is 1250. The molecule has 0 N–H and O–H groups in total. The van der Waals surface area contributed by atoms with Gasteiger partial charge in [-0.25, -0.2) is 0 Å². The second-order valence-corrected chi connectivity index (χ2v) is 7.67. The fourth-order valence-corrected chi connectivity index (χ4v) is 3.93. The first-order chi connectivity index (χ1) is 14.7. The number of hydrogen-bond donors (Lipinski definition) is 0. The predicted octanol–water partition coefficient (Wildman–Crippen LogP) is 8.88. The summed E-state index contributed by atoms with van der Waals surface area (Å²) in [5, 5.41) is 5.28. The van der Waals surface area contributed by atoms with E-state index in [4.69, 9.17) is 32.7 Å². The number of halogens is 2. The maximum Gasteiger partial charge on any atom is 0.135 e. The minimum absolute atomic E-state index is 0.705. The molecule has 0 saturated carbocycles. The molecule has 4 heteroatoms. The number of benzene rings is 5. The van der Waals surface area contributed by atoms with Gasteiger partial charge in [0.05, 0.1) is 0 Å². The normalized spacial score (nSPS) is 11.0. The summed E-state index contributed by atoms with van der Waals surface area (Å²) >= 11 is 12.6. The van der Waals surface area contributed by atoms with Gasteiger partial charge in [0.15, 0.2) is 0 Å². The van der Waals surface area contributed by atoms with Gasteiger partial charge in [-0.2, -0.15) is 0 Å². The molecule has 146 valence electrons. The summed E-state index contributed by atoms with van der Waals surface area (Å²) in [6, 6.07) is 30.8. The Hall–Kier alpha value is -3.20. The minimum Gasteiger partial charge on any atom is -0.457 e. The van der Waals surface area contributed by atoms with Gasteiger partial charge >= 0.3 is 0 Å². The third-order valence-electron chi connectivity index (χ3n) is 4.94. The summed E-state index contributed by atoms with van der Waals surface area (Å²) < 4.78 is 12.2. The van der Waals surface area contributed by atoms with Crippen molar-refractivity contribution in [2.24, 2.45) is 0 Å². The third kappa shape index (κ3) is 3.56. The highest BCUT2D eigenvalue weighted by Crippen LogP contribution is 2.36. The van der Waals surface area contributed by atoms with Crippen molar-refractivity contribution in [3.8, 4) is 23.0 Å². The van der Waals surface area contributed by atoms with E-state index >= 15 is 0 Å². The zero-order valence-electron chi connectivity index (χ0n) is 15.8. The van der Waals surface area contributed by atoms with E-state index in [9.17, 15) is 0 Å². The summed E-state index contributed by atoms with van der Waals surface area (Å²) in [7, 11) is 0. The third-order valence-corrected chi connectivity index (χ3v) is 5.60. The summed E-state index contributed by atoms with van der Waals surface area (Å²) in [6.45, 7) is 0. The van der Waals surface area contributed by atoms with Crippen molar-refractivity contribution >= 4 is 44.7 Å². The average molecular weight is 431 g/mol. The van der Waals surface area contributed by atoms with Crippen molar-refractivity contribution in [1.29, 1.82) is 0 Å². The Morgan fingerprint density at radius 1 is 0.400 bits per heavy atom. The predicted molar refractivity (Wildman–Crippen MR) is 125 cm³/mol. The van der Waals surface area contributed by atoms with E-state index in [1.165, 1.54) is 0 Å². The van der Waals surface area contributed by atoms with E-state index in [0.717, 1.165) is 44.5 Å². The van der Waals surface area contributed by atoms with E-state index in [2.05, 4.69) is 0 Å². The van der Waals surface area contributed by atoms with E-state index in [1.807, 2.05) is 97.1 Å². The van der Waals surface area contributed by atoms with Crippen LogP contribution >= 0.6 is 23.2 Å². The Labute approximate surface area is 184 Å². The molecule has 0 amide bonds. The summed E-state index contributed by atoms with van der Waals surface area (Å²) in [6.07, 6.45) is 0. The van der Waals surface area contributed by atoms with Crippen LogP contribution in [0.15, 0.2) is 97.1 Å². The van der Waals surface area contributed by atoms with Crippen molar-refractivity contribution in [1.82, 2.24) is 0 Å². The number of rotatable bonds is 4. The maximum absolute atomic E-state index is 6.30. The molecule has 0 aliphatic carbocycles. The summed E-state index contributed by atoms with van der Waals surface area (Å²) in [5.74, 6) is 2.95. The largest absolute Gasteiger partial charge is 0.457 e. The molecule has 5 rings (SSSR count). The zero-order valence-corrected chi connectivity index (χ0v) is 17.3. The van der Waals surface area contributed by atoms with E-state index in [-0.39, 0.29) is 0 Å². The highest BCUT2D eigenvalue weighted by Gasteiger charge is 2.09. The topological polar surface area (TPSA) is 18.5 Å². The van der Waals surface area contributed by atoms with Crippen molar-refractivity contribution in [2.45, 2.75) is 0 Å². The van der Waals surface area contributed by atoms with Crippen LogP contribution in [-0.4, -0.2) is 0 Å². The SMILES string of the molecule is Clc1ccc(Oc2ccc(Oc3ccc(Cl)c4ccccc34)cc2)c2ccccc12. The fraction of sp³-hybridized carbons (Fsp3) is 0. The van der Waals surface area contributed by atoms with Gasteiger partial charge in [-0.05, 0) is 48.5 Å². The molecule has 30 heavy (non-hydrogen) atoms. The molecule has 0 saturated heterocycles. The minimum atomic E-state index is 0.705. The van der Waals surface area contributed by atoms with Crippen LogP contribution in [0.25, 0.3) is 21.5 Å². The first-order valence-corrected chi connectivity index (χ1v) is 10.2. The fourth-order valence-electron chi connectivity index (χ4n) is 3.48.